The van der Waals surface area contributed by atoms with Gasteiger partial charge in [0.25, 0.3) is 0 Å². The fourth-order valence-electron chi connectivity index (χ4n) is 3.26. The summed E-state index contributed by atoms with van der Waals surface area (Å²) in [5.41, 5.74) is 6.55. The molecule has 0 saturated carbocycles. The van der Waals surface area contributed by atoms with Crippen LogP contribution >= 0.6 is 0 Å². The van der Waals surface area contributed by atoms with Crippen molar-refractivity contribution in [1.29, 1.82) is 0 Å². The third-order valence-corrected chi connectivity index (χ3v) is 4.48. The van der Waals surface area contributed by atoms with Crippen LogP contribution in [0.25, 0.3) is 33.7 Å². The highest BCUT2D eigenvalue weighted by molar-refractivity contribution is 5.82. The van der Waals surface area contributed by atoms with Gasteiger partial charge in [0, 0.05) is 5.56 Å². The highest BCUT2D eigenvalue weighted by Gasteiger charge is 2.11. The van der Waals surface area contributed by atoms with Gasteiger partial charge in [-0.3, -0.25) is 0 Å². The number of aromatic nitrogens is 1. The molecule has 0 fully saturated rings. The summed E-state index contributed by atoms with van der Waals surface area (Å²) >= 11 is 0. The summed E-state index contributed by atoms with van der Waals surface area (Å²) in [5.74, 6) is 1.12. The summed E-state index contributed by atoms with van der Waals surface area (Å²) in [7, 11) is 1.69. The van der Waals surface area contributed by atoms with Crippen LogP contribution in [0.5, 0.6) is 5.75 Å². The fourth-order valence-corrected chi connectivity index (χ4v) is 3.26. The third-order valence-electron chi connectivity index (χ3n) is 4.48. The lowest BCUT2D eigenvalue weighted by molar-refractivity contribution is 0.408. The minimum atomic E-state index is -0.280. The molecule has 0 radical (unpaired) electrons. The highest BCUT2D eigenvalue weighted by Crippen LogP contribution is 2.32. The van der Waals surface area contributed by atoms with Crippen molar-refractivity contribution >= 4 is 11.1 Å². The zero-order valence-electron chi connectivity index (χ0n) is 14.8. The van der Waals surface area contributed by atoms with E-state index in [1.54, 1.807) is 19.2 Å². The van der Waals surface area contributed by atoms with Gasteiger partial charge in [-0.05, 0) is 84.6 Å². The standard InChI is InChI=1S/C22H18FNO2/c1-13-10-17(11-14(2)21(13)25-3)16-6-9-19-20(12-16)26-22(24-19)15-4-7-18(23)8-5-15/h4-12H,1-3H3. The normalized spacial score (nSPS) is 11.1. The lowest BCUT2D eigenvalue weighted by Gasteiger charge is -2.11. The maximum absolute atomic E-state index is 13.1. The number of aryl methyl sites for hydroxylation is 2. The van der Waals surface area contributed by atoms with Gasteiger partial charge < -0.3 is 9.15 Å². The van der Waals surface area contributed by atoms with Gasteiger partial charge in [-0.15, -0.1) is 0 Å². The topological polar surface area (TPSA) is 35.3 Å². The van der Waals surface area contributed by atoms with Gasteiger partial charge in [0.05, 0.1) is 7.11 Å². The molecule has 0 unspecified atom stereocenters. The van der Waals surface area contributed by atoms with Crippen molar-refractivity contribution in [3.8, 4) is 28.3 Å². The average molecular weight is 347 g/mol. The summed E-state index contributed by atoms with van der Waals surface area (Å²) in [6, 6.07) is 16.3. The van der Waals surface area contributed by atoms with Gasteiger partial charge in [0.2, 0.25) is 5.89 Å². The molecule has 0 aliphatic rings. The van der Waals surface area contributed by atoms with Crippen molar-refractivity contribution in [3.05, 3.63) is 71.5 Å². The Labute approximate surface area is 151 Å². The molecule has 130 valence electrons. The molecule has 3 aromatic carbocycles. The molecular weight excluding hydrogens is 329 g/mol. The molecule has 4 rings (SSSR count). The molecular formula is C22H18FNO2. The van der Waals surface area contributed by atoms with E-state index >= 15 is 0 Å². The number of hydrogen-bond donors (Lipinski definition) is 0. The molecule has 0 atom stereocenters. The van der Waals surface area contributed by atoms with E-state index in [1.807, 2.05) is 32.0 Å². The molecule has 0 amide bonds. The number of oxazole rings is 1. The van der Waals surface area contributed by atoms with Gasteiger partial charge >= 0.3 is 0 Å². The summed E-state index contributed by atoms with van der Waals surface area (Å²) < 4.78 is 24.5. The van der Waals surface area contributed by atoms with Crippen LogP contribution in [0.1, 0.15) is 11.1 Å². The molecule has 1 aromatic heterocycles. The number of methoxy groups -OCH3 is 1. The van der Waals surface area contributed by atoms with Crippen molar-refractivity contribution < 1.29 is 13.5 Å². The van der Waals surface area contributed by atoms with Crippen LogP contribution < -0.4 is 4.74 Å². The minimum absolute atomic E-state index is 0.280. The minimum Gasteiger partial charge on any atom is -0.496 e. The molecule has 4 heteroatoms. The van der Waals surface area contributed by atoms with Gasteiger partial charge in [-0.1, -0.05) is 6.07 Å². The van der Waals surface area contributed by atoms with Crippen molar-refractivity contribution in [1.82, 2.24) is 4.98 Å². The summed E-state index contributed by atoms with van der Waals surface area (Å²) in [4.78, 5) is 4.50. The molecule has 0 spiro atoms. The Kier molecular flexibility index (Phi) is 3.96. The predicted molar refractivity (Wildman–Crippen MR) is 101 cm³/mol. The largest absolute Gasteiger partial charge is 0.496 e. The number of nitrogens with zero attached hydrogens (tertiary/aromatic N) is 1. The second-order valence-corrected chi connectivity index (χ2v) is 6.35. The number of benzene rings is 3. The number of rotatable bonds is 3. The Hall–Kier alpha value is -3.14. The molecule has 0 saturated heterocycles. The molecule has 0 bridgehead atoms. The van der Waals surface area contributed by atoms with Gasteiger partial charge in [-0.25, -0.2) is 9.37 Å². The summed E-state index contributed by atoms with van der Waals surface area (Å²) in [6.07, 6.45) is 0. The lowest BCUT2D eigenvalue weighted by Crippen LogP contribution is -1.92. The van der Waals surface area contributed by atoms with Gasteiger partial charge in [-0.2, -0.15) is 0 Å². The monoisotopic (exact) mass is 347 g/mol. The Balaban J connectivity index is 1.77. The molecule has 0 aliphatic heterocycles. The van der Waals surface area contributed by atoms with E-state index in [4.69, 9.17) is 9.15 Å². The molecule has 4 aromatic rings. The molecule has 3 nitrogen and oxygen atoms in total. The van der Waals surface area contributed by atoms with E-state index in [2.05, 4.69) is 17.1 Å². The lowest BCUT2D eigenvalue weighted by atomic mass is 9.99. The van der Waals surface area contributed by atoms with E-state index in [9.17, 15) is 4.39 Å². The Morgan fingerprint density at radius 3 is 2.15 bits per heavy atom. The number of fused-ring (bicyclic) bond motifs is 1. The molecule has 0 aliphatic carbocycles. The Morgan fingerprint density at radius 1 is 0.846 bits per heavy atom. The van der Waals surface area contributed by atoms with Crippen molar-refractivity contribution in [3.63, 3.8) is 0 Å². The van der Waals surface area contributed by atoms with Gasteiger partial charge in [0.1, 0.15) is 17.1 Å². The zero-order chi connectivity index (χ0) is 18.3. The second kappa shape index (κ2) is 6.30. The summed E-state index contributed by atoms with van der Waals surface area (Å²) in [6.45, 7) is 4.07. The smallest absolute Gasteiger partial charge is 0.227 e. The van der Waals surface area contributed by atoms with E-state index in [-0.39, 0.29) is 5.82 Å². The maximum Gasteiger partial charge on any atom is 0.227 e. The van der Waals surface area contributed by atoms with Crippen LogP contribution in [-0.4, -0.2) is 12.1 Å². The third kappa shape index (κ3) is 2.84. The van der Waals surface area contributed by atoms with Crippen LogP contribution in [-0.2, 0) is 0 Å². The number of ether oxygens (including phenoxy) is 1. The SMILES string of the molecule is COc1c(C)cc(-c2ccc3nc(-c4ccc(F)cc4)oc3c2)cc1C. The Morgan fingerprint density at radius 2 is 1.50 bits per heavy atom. The predicted octanol–water partition coefficient (Wildman–Crippen LogP) is 5.93. The van der Waals surface area contributed by atoms with Crippen LogP contribution in [0.4, 0.5) is 4.39 Å². The Bertz CT molecular complexity index is 1070. The van der Waals surface area contributed by atoms with Crippen molar-refractivity contribution in [2.45, 2.75) is 13.8 Å². The maximum atomic E-state index is 13.1. The van der Waals surface area contributed by atoms with E-state index in [0.29, 0.717) is 11.5 Å². The first-order chi connectivity index (χ1) is 12.5. The van der Waals surface area contributed by atoms with Crippen molar-refractivity contribution in [2.24, 2.45) is 0 Å². The van der Waals surface area contributed by atoms with E-state index < -0.39 is 0 Å². The first-order valence-electron chi connectivity index (χ1n) is 8.37. The van der Waals surface area contributed by atoms with Crippen molar-refractivity contribution in [2.75, 3.05) is 7.11 Å². The van der Waals surface area contributed by atoms with Crippen LogP contribution in [0, 0.1) is 19.7 Å². The van der Waals surface area contributed by atoms with Gasteiger partial charge in [0.15, 0.2) is 5.58 Å². The second-order valence-electron chi connectivity index (χ2n) is 6.35. The average Bonchev–Trinajstić information content (AvgIpc) is 3.05. The molecule has 26 heavy (non-hydrogen) atoms. The number of hydrogen-bond acceptors (Lipinski definition) is 3. The zero-order valence-corrected chi connectivity index (χ0v) is 14.8. The first kappa shape index (κ1) is 16.3. The van der Waals surface area contributed by atoms with E-state index in [0.717, 1.165) is 39.1 Å². The first-order valence-corrected chi connectivity index (χ1v) is 8.37. The number of halogens is 1. The molecule has 1 heterocycles. The quantitative estimate of drug-likeness (QED) is 0.461. The van der Waals surface area contributed by atoms with Crippen LogP contribution in [0.15, 0.2) is 59.0 Å². The highest BCUT2D eigenvalue weighted by atomic mass is 19.1. The van der Waals surface area contributed by atoms with Crippen LogP contribution in [0.3, 0.4) is 0 Å². The van der Waals surface area contributed by atoms with E-state index in [1.165, 1.54) is 12.1 Å². The fraction of sp³-hybridized carbons (Fsp3) is 0.136. The molecule has 0 N–H and O–H groups in total. The summed E-state index contributed by atoms with van der Waals surface area (Å²) in [5, 5.41) is 0. The van der Waals surface area contributed by atoms with Crippen LogP contribution in [0.2, 0.25) is 0 Å².